The minimum atomic E-state index is -0.217. The number of fused-ring (bicyclic) bond motifs is 1. The second kappa shape index (κ2) is 10.6. The fraction of sp³-hybridized carbons (Fsp3) is 0.440. The summed E-state index contributed by atoms with van der Waals surface area (Å²) >= 11 is 8.64. The van der Waals surface area contributed by atoms with Crippen LogP contribution in [-0.4, -0.2) is 21.9 Å². The quantitative estimate of drug-likeness (QED) is 0.351. The van der Waals surface area contributed by atoms with Gasteiger partial charge in [0.2, 0.25) is 5.91 Å². The number of amides is 1. The molecule has 1 aromatic carbocycles. The molecule has 0 spiro atoms. The van der Waals surface area contributed by atoms with Gasteiger partial charge in [-0.2, -0.15) is 5.26 Å². The number of rotatable bonds is 7. The van der Waals surface area contributed by atoms with Crippen LogP contribution in [-0.2, 0) is 24.2 Å². The van der Waals surface area contributed by atoms with Crippen molar-refractivity contribution in [2.24, 2.45) is 11.3 Å². The highest BCUT2D eigenvalue weighted by atomic mass is 35.5. The van der Waals surface area contributed by atoms with Gasteiger partial charge in [-0.15, -0.1) is 21.5 Å². The predicted molar refractivity (Wildman–Crippen MR) is 138 cm³/mol. The number of nitrogens with zero attached hydrogens (tertiary/aromatic N) is 3. The third kappa shape index (κ3) is 6.18. The van der Waals surface area contributed by atoms with Crippen LogP contribution in [0.1, 0.15) is 54.7 Å². The van der Waals surface area contributed by atoms with Gasteiger partial charge in [-0.05, 0) is 66.8 Å². The van der Waals surface area contributed by atoms with Crippen LogP contribution in [0, 0.1) is 29.6 Å². The van der Waals surface area contributed by atoms with Crippen LogP contribution < -0.4 is 10.1 Å². The lowest BCUT2D eigenvalue weighted by Crippen LogP contribution is -2.26. The highest BCUT2D eigenvalue weighted by molar-refractivity contribution is 7.99. The van der Waals surface area contributed by atoms with Gasteiger partial charge in [0, 0.05) is 9.90 Å². The molecule has 1 aliphatic rings. The maximum Gasteiger partial charge on any atom is 0.277 e. The number of thioether (sulfide) groups is 1. The Bertz CT molecular complexity index is 1270. The Kier molecular flexibility index (Phi) is 7.74. The molecule has 7 nitrogen and oxygen atoms in total. The molecule has 0 saturated heterocycles. The molecular formula is C25H27ClN4O3S2. The summed E-state index contributed by atoms with van der Waals surface area (Å²) in [5.74, 6) is 1.44. The Balaban J connectivity index is 1.32. The first kappa shape index (κ1) is 25.5. The average molecular weight is 531 g/mol. The van der Waals surface area contributed by atoms with E-state index in [0.717, 1.165) is 42.2 Å². The molecule has 0 unspecified atom stereocenters. The molecule has 2 aromatic heterocycles. The zero-order valence-electron chi connectivity index (χ0n) is 20.1. The van der Waals surface area contributed by atoms with E-state index in [1.807, 2.05) is 13.0 Å². The Labute approximate surface area is 218 Å². The van der Waals surface area contributed by atoms with Gasteiger partial charge in [-0.3, -0.25) is 4.79 Å². The van der Waals surface area contributed by atoms with E-state index >= 15 is 0 Å². The maximum atomic E-state index is 12.6. The fourth-order valence-electron chi connectivity index (χ4n) is 4.09. The largest absolute Gasteiger partial charge is 0.484 e. The monoisotopic (exact) mass is 530 g/mol. The number of hydrogen-bond acceptors (Lipinski definition) is 8. The predicted octanol–water partition coefficient (Wildman–Crippen LogP) is 6.43. The summed E-state index contributed by atoms with van der Waals surface area (Å²) in [6.45, 7) is 8.79. The normalized spacial score (nSPS) is 15.4. The van der Waals surface area contributed by atoms with Crippen molar-refractivity contribution in [1.82, 2.24) is 10.2 Å². The highest BCUT2D eigenvalue weighted by Crippen LogP contribution is 2.44. The molecule has 0 bridgehead atoms. The molecule has 2 heterocycles. The summed E-state index contributed by atoms with van der Waals surface area (Å²) in [4.78, 5) is 13.8. The number of hydrogen-bond donors (Lipinski definition) is 1. The third-order valence-electron chi connectivity index (χ3n) is 6.12. The molecule has 10 heteroatoms. The minimum absolute atomic E-state index is 0.0941. The molecule has 35 heavy (non-hydrogen) atoms. The molecule has 0 saturated carbocycles. The van der Waals surface area contributed by atoms with Crippen LogP contribution in [0.3, 0.4) is 0 Å². The number of carbonyl (C=O) groups is 1. The van der Waals surface area contributed by atoms with E-state index in [-0.39, 0.29) is 28.9 Å². The van der Waals surface area contributed by atoms with E-state index in [2.05, 4.69) is 42.4 Å². The van der Waals surface area contributed by atoms with E-state index in [4.69, 9.17) is 20.8 Å². The molecule has 0 radical (unpaired) electrons. The number of benzene rings is 1. The van der Waals surface area contributed by atoms with Crippen LogP contribution in [0.5, 0.6) is 5.75 Å². The van der Waals surface area contributed by atoms with Gasteiger partial charge in [-0.1, -0.05) is 44.1 Å². The van der Waals surface area contributed by atoms with Crippen LogP contribution >= 0.6 is 34.7 Å². The summed E-state index contributed by atoms with van der Waals surface area (Å²) < 4.78 is 11.3. The summed E-state index contributed by atoms with van der Waals surface area (Å²) in [7, 11) is 0. The first-order valence-electron chi connectivity index (χ1n) is 11.3. The van der Waals surface area contributed by atoms with Crippen molar-refractivity contribution >= 4 is 45.6 Å². The molecule has 3 aromatic rings. The van der Waals surface area contributed by atoms with Gasteiger partial charge >= 0.3 is 0 Å². The lowest BCUT2D eigenvalue weighted by molar-refractivity contribution is -0.113. The van der Waals surface area contributed by atoms with Gasteiger partial charge in [-0.25, -0.2) is 0 Å². The van der Waals surface area contributed by atoms with Gasteiger partial charge in [0.05, 0.1) is 11.3 Å². The van der Waals surface area contributed by atoms with Gasteiger partial charge in [0.25, 0.3) is 11.1 Å². The van der Waals surface area contributed by atoms with Crippen molar-refractivity contribution in [3.05, 3.63) is 50.7 Å². The summed E-state index contributed by atoms with van der Waals surface area (Å²) in [6, 6.07) is 7.65. The SMILES string of the molecule is Cc1cc(Cl)ccc1OCc1nnc(SCC(=O)Nc2sc3c(c2C#N)CC[C@H](C(C)(C)C)C3)o1. The number of nitriles is 1. The van der Waals surface area contributed by atoms with Gasteiger partial charge in [0.1, 0.15) is 16.8 Å². The van der Waals surface area contributed by atoms with Crippen LogP contribution in [0.15, 0.2) is 27.8 Å². The number of anilines is 1. The number of ether oxygens (including phenoxy) is 1. The van der Waals surface area contributed by atoms with Crippen molar-refractivity contribution in [3.63, 3.8) is 0 Å². The van der Waals surface area contributed by atoms with E-state index in [0.29, 0.717) is 33.1 Å². The van der Waals surface area contributed by atoms with Crippen LogP contribution in [0.4, 0.5) is 5.00 Å². The number of aryl methyl sites for hydroxylation is 1. The van der Waals surface area contributed by atoms with Gasteiger partial charge < -0.3 is 14.5 Å². The first-order valence-corrected chi connectivity index (χ1v) is 13.5. The molecular weight excluding hydrogens is 504 g/mol. The number of aromatic nitrogens is 2. The fourth-order valence-corrected chi connectivity index (χ4v) is 6.19. The second-order valence-electron chi connectivity index (χ2n) is 9.62. The second-order valence-corrected chi connectivity index (χ2v) is 12.1. The molecule has 4 rings (SSSR count). The van der Waals surface area contributed by atoms with Crippen molar-refractivity contribution in [2.45, 2.75) is 58.8 Å². The molecule has 0 fully saturated rings. The lowest BCUT2D eigenvalue weighted by Gasteiger charge is -2.33. The van der Waals surface area contributed by atoms with E-state index in [1.54, 1.807) is 12.1 Å². The molecule has 1 aliphatic carbocycles. The molecule has 1 N–H and O–H groups in total. The lowest BCUT2D eigenvalue weighted by atomic mass is 9.72. The van der Waals surface area contributed by atoms with E-state index in [1.165, 1.54) is 16.2 Å². The maximum absolute atomic E-state index is 12.6. The highest BCUT2D eigenvalue weighted by Gasteiger charge is 2.32. The van der Waals surface area contributed by atoms with E-state index in [9.17, 15) is 10.1 Å². The molecule has 0 aliphatic heterocycles. The molecule has 1 amide bonds. The van der Waals surface area contributed by atoms with Gasteiger partial charge in [0.15, 0.2) is 6.61 Å². The Morgan fingerprint density at radius 2 is 2.20 bits per heavy atom. The zero-order chi connectivity index (χ0) is 25.2. The van der Waals surface area contributed by atoms with Crippen molar-refractivity contribution in [2.75, 3.05) is 11.1 Å². The average Bonchev–Trinajstić information content (AvgIpc) is 3.39. The number of carbonyl (C=O) groups excluding carboxylic acids is 1. The Morgan fingerprint density at radius 3 is 2.91 bits per heavy atom. The Morgan fingerprint density at radius 1 is 1.40 bits per heavy atom. The summed E-state index contributed by atoms with van der Waals surface area (Å²) in [6.07, 6.45) is 2.89. The van der Waals surface area contributed by atoms with Crippen LogP contribution in [0.25, 0.3) is 0 Å². The number of halogens is 1. The molecule has 1 atom stereocenters. The minimum Gasteiger partial charge on any atom is -0.484 e. The van der Waals surface area contributed by atoms with Crippen LogP contribution in [0.2, 0.25) is 5.02 Å². The number of nitrogens with one attached hydrogen (secondary N) is 1. The van der Waals surface area contributed by atoms with E-state index < -0.39 is 0 Å². The smallest absolute Gasteiger partial charge is 0.277 e. The zero-order valence-corrected chi connectivity index (χ0v) is 22.5. The summed E-state index contributed by atoms with van der Waals surface area (Å²) in [5.41, 5.74) is 2.82. The van der Waals surface area contributed by atoms with Crippen molar-refractivity contribution < 1.29 is 13.9 Å². The first-order chi connectivity index (χ1) is 16.6. The summed E-state index contributed by atoms with van der Waals surface area (Å²) in [5, 5.41) is 22.2. The molecule has 184 valence electrons. The van der Waals surface area contributed by atoms with Crippen molar-refractivity contribution in [3.8, 4) is 11.8 Å². The standard InChI is InChI=1S/C25H27ClN4O3S2/c1-14-9-16(26)6-8-19(14)32-12-22-29-30-24(33-22)34-13-21(31)28-23-18(11-27)17-7-5-15(25(2,3)4)10-20(17)35-23/h6,8-9,15H,5,7,10,12-13H2,1-4H3,(H,28,31)/t15-/m0/s1. The third-order valence-corrected chi connectivity index (χ3v) is 8.34. The topological polar surface area (TPSA) is 101 Å². The Hall–Kier alpha value is -2.54. The number of thiophene rings is 1. The van der Waals surface area contributed by atoms with Crippen molar-refractivity contribution in [1.29, 1.82) is 5.26 Å².